The van der Waals surface area contributed by atoms with Crippen molar-refractivity contribution in [1.29, 1.82) is 10.5 Å². The number of halogens is 2. The predicted molar refractivity (Wildman–Crippen MR) is 98.1 cm³/mol. The van der Waals surface area contributed by atoms with Crippen LogP contribution < -0.4 is 0 Å². The van der Waals surface area contributed by atoms with Crippen LogP contribution in [0.25, 0.3) is 0 Å². The van der Waals surface area contributed by atoms with E-state index in [0.717, 1.165) is 0 Å². The van der Waals surface area contributed by atoms with Crippen molar-refractivity contribution in [1.82, 2.24) is 0 Å². The summed E-state index contributed by atoms with van der Waals surface area (Å²) in [5.41, 5.74) is 0.468. The maximum Gasteiger partial charge on any atom is 0.128 e. The van der Waals surface area contributed by atoms with Gasteiger partial charge in [-0.05, 0) is 35.4 Å². The van der Waals surface area contributed by atoms with Crippen LogP contribution in [-0.2, 0) is 0 Å². The van der Waals surface area contributed by atoms with E-state index < -0.39 is 11.8 Å². The van der Waals surface area contributed by atoms with Gasteiger partial charge >= 0.3 is 0 Å². The molecule has 26 heavy (non-hydrogen) atoms. The Morgan fingerprint density at radius 3 is 1.27 bits per heavy atom. The van der Waals surface area contributed by atoms with Crippen LogP contribution in [0, 0.1) is 22.7 Å². The SMILES string of the molecule is N#C[C@H](C(=N/O)/C(=N/O)[C@H](C#N)c1ccc(Cl)cc1)c1ccc(Cl)cc1. The Kier molecular flexibility index (Phi) is 6.57. The second-order valence-electron chi connectivity index (χ2n) is 5.20. The van der Waals surface area contributed by atoms with E-state index in [4.69, 9.17) is 23.2 Å². The third-order valence-corrected chi connectivity index (χ3v) is 4.19. The van der Waals surface area contributed by atoms with Crippen molar-refractivity contribution < 1.29 is 10.4 Å². The molecule has 2 N–H and O–H groups in total. The van der Waals surface area contributed by atoms with Crippen molar-refractivity contribution in [2.45, 2.75) is 11.8 Å². The van der Waals surface area contributed by atoms with Gasteiger partial charge in [0.1, 0.15) is 23.3 Å². The highest BCUT2D eigenvalue weighted by molar-refractivity contribution is 6.47. The van der Waals surface area contributed by atoms with Crippen LogP contribution >= 0.6 is 23.2 Å². The molecule has 6 nitrogen and oxygen atoms in total. The van der Waals surface area contributed by atoms with Gasteiger partial charge in [-0.3, -0.25) is 0 Å². The summed E-state index contributed by atoms with van der Waals surface area (Å²) in [6.07, 6.45) is 0. The predicted octanol–water partition coefficient (Wildman–Crippen LogP) is 4.57. The Labute approximate surface area is 159 Å². The summed E-state index contributed by atoms with van der Waals surface area (Å²) in [5, 5.41) is 45.2. The minimum atomic E-state index is -1.06. The summed E-state index contributed by atoms with van der Waals surface area (Å²) in [7, 11) is 0. The van der Waals surface area contributed by atoms with Crippen molar-refractivity contribution in [3.05, 3.63) is 69.7 Å². The first-order valence-electron chi connectivity index (χ1n) is 7.30. The Hall–Kier alpha value is -3.06. The number of benzene rings is 2. The van der Waals surface area contributed by atoms with Crippen molar-refractivity contribution in [3.8, 4) is 12.1 Å². The molecule has 0 radical (unpaired) electrons. The number of hydrogen-bond acceptors (Lipinski definition) is 6. The molecule has 8 heteroatoms. The third kappa shape index (κ3) is 4.12. The molecule has 0 saturated carbocycles. The normalized spacial score (nSPS) is 14.2. The molecule has 0 bridgehead atoms. The van der Waals surface area contributed by atoms with Crippen molar-refractivity contribution in [3.63, 3.8) is 0 Å². The molecule has 2 rings (SSSR count). The molecule has 0 fully saturated rings. The molecule has 0 heterocycles. The lowest BCUT2D eigenvalue weighted by Crippen LogP contribution is -2.27. The molecule has 0 aliphatic rings. The molecule has 0 unspecified atom stereocenters. The molecular weight excluding hydrogens is 375 g/mol. The van der Waals surface area contributed by atoms with Crippen LogP contribution in [0.5, 0.6) is 0 Å². The number of nitrogens with zero attached hydrogens (tertiary/aromatic N) is 4. The third-order valence-electron chi connectivity index (χ3n) is 3.69. The Bertz CT molecular complexity index is 833. The minimum absolute atomic E-state index is 0.237. The summed E-state index contributed by atoms with van der Waals surface area (Å²) in [6.45, 7) is 0. The van der Waals surface area contributed by atoms with Gasteiger partial charge in [-0.1, -0.05) is 57.8 Å². The highest BCUT2D eigenvalue weighted by Crippen LogP contribution is 2.26. The summed E-state index contributed by atoms with van der Waals surface area (Å²) in [4.78, 5) is 0. The lowest BCUT2D eigenvalue weighted by atomic mass is 9.85. The van der Waals surface area contributed by atoms with Gasteiger partial charge in [0.25, 0.3) is 0 Å². The van der Waals surface area contributed by atoms with Gasteiger partial charge in [0.05, 0.1) is 12.1 Å². The number of oxime groups is 2. The summed E-state index contributed by atoms with van der Waals surface area (Å²) >= 11 is 11.7. The second kappa shape index (κ2) is 8.87. The van der Waals surface area contributed by atoms with Gasteiger partial charge in [0.15, 0.2) is 0 Å². The van der Waals surface area contributed by atoms with E-state index in [1.807, 2.05) is 12.1 Å². The van der Waals surface area contributed by atoms with Crippen LogP contribution in [0.1, 0.15) is 23.0 Å². The topological polar surface area (TPSA) is 113 Å². The van der Waals surface area contributed by atoms with Crippen LogP contribution in [0.15, 0.2) is 58.8 Å². The lowest BCUT2D eigenvalue weighted by Gasteiger charge is -2.16. The van der Waals surface area contributed by atoms with E-state index in [9.17, 15) is 20.9 Å². The smallest absolute Gasteiger partial charge is 0.128 e. The quantitative estimate of drug-likeness (QED) is 0.445. The Balaban J connectivity index is 2.48. The molecule has 2 atom stereocenters. The fraction of sp³-hybridized carbons (Fsp3) is 0.111. The second-order valence-corrected chi connectivity index (χ2v) is 6.07. The highest BCUT2D eigenvalue weighted by atomic mass is 35.5. The largest absolute Gasteiger partial charge is 0.411 e. The standard InChI is InChI=1S/C18H12Cl2N4O2/c19-13-5-1-11(2-6-13)15(9-21)17(23-25)18(24-26)16(10-22)12-3-7-14(20)8-4-12/h1-8,15-16,25-26H/b23-17-,24-18+/t15-,16+/m0/s1. The van der Waals surface area contributed by atoms with E-state index in [2.05, 4.69) is 10.3 Å². The van der Waals surface area contributed by atoms with E-state index >= 15 is 0 Å². The van der Waals surface area contributed by atoms with E-state index in [1.165, 1.54) is 0 Å². The maximum atomic E-state index is 9.54. The minimum Gasteiger partial charge on any atom is -0.411 e. The monoisotopic (exact) mass is 386 g/mol. The van der Waals surface area contributed by atoms with Gasteiger partial charge in [0.2, 0.25) is 0 Å². The molecule has 130 valence electrons. The maximum absolute atomic E-state index is 9.54. The molecule has 0 aromatic heterocycles. The van der Waals surface area contributed by atoms with Gasteiger partial charge in [-0.25, -0.2) is 0 Å². The van der Waals surface area contributed by atoms with Gasteiger partial charge in [0, 0.05) is 10.0 Å². The van der Waals surface area contributed by atoms with Crippen molar-refractivity contribution >= 4 is 34.6 Å². The average molecular weight is 387 g/mol. The first-order chi connectivity index (χ1) is 12.5. The summed E-state index contributed by atoms with van der Waals surface area (Å²) in [5.74, 6) is -2.13. The molecule has 0 aliphatic heterocycles. The number of hydrogen-bond donors (Lipinski definition) is 2. The van der Waals surface area contributed by atoms with E-state index in [1.54, 1.807) is 48.5 Å². The molecule has 0 amide bonds. The lowest BCUT2D eigenvalue weighted by molar-refractivity contribution is 0.312. The molecule has 0 spiro atoms. The fourth-order valence-electron chi connectivity index (χ4n) is 2.41. The molecule has 2 aromatic carbocycles. The Morgan fingerprint density at radius 1 is 0.731 bits per heavy atom. The number of rotatable bonds is 5. The van der Waals surface area contributed by atoms with Gasteiger partial charge in [-0.15, -0.1) is 0 Å². The van der Waals surface area contributed by atoms with Crippen LogP contribution in [0.4, 0.5) is 0 Å². The Morgan fingerprint density at radius 2 is 1.04 bits per heavy atom. The van der Waals surface area contributed by atoms with Crippen LogP contribution in [-0.4, -0.2) is 21.8 Å². The van der Waals surface area contributed by atoms with E-state index in [-0.39, 0.29) is 11.4 Å². The fourth-order valence-corrected chi connectivity index (χ4v) is 2.66. The molecule has 0 saturated heterocycles. The molecule has 2 aromatic rings. The van der Waals surface area contributed by atoms with Gasteiger partial charge in [-0.2, -0.15) is 10.5 Å². The van der Waals surface area contributed by atoms with Crippen molar-refractivity contribution in [2.75, 3.05) is 0 Å². The van der Waals surface area contributed by atoms with Crippen LogP contribution in [0.2, 0.25) is 10.0 Å². The van der Waals surface area contributed by atoms with E-state index in [0.29, 0.717) is 21.2 Å². The summed E-state index contributed by atoms with van der Waals surface area (Å²) in [6, 6.07) is 16.6. The van der Waals surface area contributed by atoms with Gasteiger partial charge < -0.3 is 10.4 Å². The first kappa shape index (κ1) is 19.3. The first-order valence-corrected chi connectivity index (χ1v) is 8.05. The zero-order valence-electron chi connectivity index (χ0n) is 13.2. The van der Waals surface area contributed by atoms with Crippen LogP contribution in [0.3, 0.4) is 0 Å². The average Bonchev–Trinajstić information content (AvgIpc) is 2.66. The number of nitriles is 2. The zero-order chi connectivity index (χ0) is 19.1. The molecular formula is C18H12Cl2N4O2. The zero-order valence-corrected chi connectivity index (χ0v) is 14.7. The van der Waals surface area contributed by atoms with Crippen molar-refractivity contribution in [2.24, 2.45) is 10.3 Å². The highest BCUT2D eigenvalue weighted by Gasteiger charge is 2.31. The molecule has 0 aliphatic carbocycles. The summed E-state index contributed by atoms with van der Waals surface area (Å²) < 4.78 is 0.